The van der Waals surface area contributed by atoms with Crippen molar-refractivity contribution in [3.63, 3.8) is 0 Å². The summed E-state index contributed by atoms with van der Waals surface area (Å²) in [6.07, 6.45) is 0. The number of hydrogen-bond acceptors (Lipinski definition) is 2. The molecule has 0 saturated carbocycles. The maximum Gasteiger partial charge on any atom is 0.123 e. The van der Waals surface area contributed by atoms with E-state index in [-0.39, 0.29) is 11.9 Å². The predicted octanol–water partition coefficient (Wildman–Crippen LogP) is 3.65. The van der Waals surface area contributed by atoms with Crippen molar-refractivity contribution in [2.75, 3.05) is 13.2 Å². The van der Waals surface area contributed by atoms with Crippen molar-refractivity contribution in [3.05, 3.63) is 65.5 Å². The van der Waals surface area contributed by atoms with Gasteiger partial charge in [-0.05, 0) is 30.7 Å². The van der Waals surface area contributed by atoms with E-state index in [1.165, 1.54) is 11.6 Å². The average molecular weight is 271 g/mol. The molecule has 0 radical (unpaired) electrons. The molecule has 2 atom stereocenters. The Morgan fingerprint density at radius 3 is 2.95 bits per heavy atom. The molecule has 0 amide bonds. The molecule has 2 aromatic rings. The maximum absolute atomic E-state index is 13.2. The van der Waals surface area contributed by atoms with Gasteiger partial charge in [-0.2, -0.15) is 0 Å². The fraction of sp³-hybridized carbons (Fsp3) is 0.294. The van der Waals surface area contributed by atoms with Crippen molar-refractivity contribution in [2.24, 2.45) is 0 Å². The van der Waals surface area contributed by atoms with Gasteiger partial charge in [0.15, 0.2) is 0 Å². The standard InChI is InChI=1S/C17H18FNO/c1-12(13-5-4-6-15(18)9-13)19-10-14-11-20-17-8-3-2-7-16(14)17/h2-9,12,14,19H,10-11H2,1H3/t12-,14?/m0/s1. The summed E-state index contributed by atoms with van der Waals surface area (Å²) in [6.45, 7) is 3.59. The van der Waals surface area contributed by atoms with Crippen LogP contribution in [0.1, 0.15) is 30.0 Å². The topological polar surface area (TPSA) is 21.3 Å². The van der Waals surface area contributed by atoms with Crippen LogP contribution in [0.15, 0.2) is 48.5 Å². The van der Waals surface area contributed by atoms with Gasteiger partial charge >= 0.3 is 0 Å². The van der Waals surface area contributed by atoms with Crippen LogP contribution >= 0.6 is 0 Å². The van der Waals surface area contributed by atoms with Gasteiger partial charge < -0.3 is 10.1 Å². The van der Waals surface area contributed by atoms with Crippen molar-refractivity contribution in [1.82, 2.24) is 5.32 Å². The van der Waals surface area contributed by atoms with Gasteiger partial charge in [-0.3, -0.25) is 0 Å². The van der Waals surface area contributed by atoms with Crippen LogP contribution in [0.5, 0.6) is 5.75 Å². The predicted molar refractivity (Wildman–Crippen MR) is 77.5 cm³/mol. The molecule has 0 spiro atoms. The first-order chi connectivity index (χ1) is 9.74. The Balaban J connectivity index is 1.63. The van der Waals surface area contributed by atoms with Crippen LogP contribution in [0.3, 0.4) is 0 Å². The van der Waals surface area contributed by atoms with Crippen LogP contribution in [0.2, 0.25) is 0 Å². The lowest BCUT2D eigenvalue weighted by atomic mass is 10.0. The third kappa shape index (κ3) is 2.68. The lowest BCUT2D eigenvalue weighted by Crippen LogP contribution is -2.25. The van der Waals surface area contributed by atoms with E-state index in [9.17, 15) is 4.39 Å². The van der Waals surface area contributed by atoms with Gasteiger partial charge in [0.2, 0.25) is 0 Å². The highest BCUT2D eigenvalue weighted by Gasteiger charge is 2.23. The Labute approximate surface area is 118 Å². The quantitative estimate of drug-likeness (QED) is 0.916. The Morgan fingerprint density at radius 1 is 1.25 bits per heavy atom. The summed E-state index contributed by atoms with van der Waals surface area (Å²) in [4.78, 5) is 0. The van der Waals surface area contributed by atoms with Gasteiger partial charge in [-0.15, -0.1) is 0 Å². The molecule has 1 aliphatic rings. The van der Waals surface area contributed by atoms with Gasteiger partial charge in [0.1, 0.15) is 11.6 Å². The SMILES string of the molecule is C[C@H](NCC1COc2ccccc21)c1cccc(F)c1. The number of benzene rings is 2. The number of rotatable bonds is 4. The van der Waals surface area contributed by atoms with E-state index in [0.29, 0.717) is 12.5 Å². The molecule has 1 heterocycles. The highest BCUT2D eigenvalue weighted by molar-refractivity contribution is 5.39. The summed E-state index contributed by atoms with van der Waals surface area (Å²) >= 11 is 0. The van der Waals surface area contributed by atoms with E-state index in [1.54, 1.807) is 12.1 Å². The zero-order chi connectivity index (χ0) is 13.9. The molecule has 0 fully saturated rings. The molecule has 2 nitrogen and oxygen atoms in total. The van der Waals surface area contributed by atoms with Crippen molar-refractivity contribution in [3.8, 4) is 5.75 Å². The maximum atomic E-state index is 13.2. The molecule has 0 saturated heterocycles. The van der Waals surface area contributed by atoms with E-state index < -0.39 is 0 Å². The normalized spacial score (nSPS) is 18.4. The third-order valence-electron chi connectivity index (χ3n) is 3.82. The van der Waals surface area contributed by atoms with Gasteiger partial charge in [-0.1, -0.05) is 30.3 Å². The zero-order valence-electron chi connectivity index (χ0n) is 11.5. The molecule has 2 aromatic carbocycles. The highest BCUT2D eigenvalue weighted by atomic mass is 19.1. The summed E-state index contributed by atoms with van der Waals surface area (Å²) in [5, 5.41) is 3.46. The van der Waals surface area contributed by atoms with Gasteiger partial charge in [-0.25, -0.2) is 4.39 Å². The van der Waals surface area contributed by atoms with E-state index in [2.05, 4.69) is 18.3 Å². The Hall–Kier alpha value is -1.87. The molecule has 3 heteroatoms. The first kappa shape index (κ1) is 13.1. The second-order valence-corrected chi connectivity index (χ2v) is 5.23. The Kier molecular flexibility index (Phi) is 3.70. The van der Waals surface area contributed by atoms with Gasteiger partial charge in [0.05, 0.1) is 6.61 Å². The van der Waals surface area contributed by atoms with Crippen molar-refractivity contribution >= 4 is 0 Å². The second kappa shape index (κ2) is 5.63. The van der Waals surface area contributed by atoms with E-state index in [0.717, 1.165) is 17.9 Å². The van der Waals surface area contributed by atoms with Crippen LogP contribution < -0.4 is 10.1 Å². The monoisotopic (exact) mass is 271 g/mol. The molecule has 20 heavy (non-hydrogen) atoms. The molecule has 1 N–H and O–H groups in total. The highest BCUT2D eigenvalue weighted by Crippen LogP contribution is 2.33. The Morgan fingerprint density at radius 2 is 2.10 bits per heavy atom. The molecule has 0 aliphatic carbocycles. The van der Waals surface area contributed by atoms with E-state index >= 15 is 0 Å². The first-order valence-corrected chi connectivity index (χ1v) is 6.94. The third-order valence-corrected chi connectivity index (χ3v) is 3.82. The smallest absolute Gasteiger partial charge is 0.123 e. The number of halogens is 1. The van der Waals surface area contributed by atoms with Crippen molar-refractivity contribution < 1.29 is 9.13 Å². The van der Waals surface area contributed by atoms with E-state index in [4.69, 9.17) is 4.74 Å². The number of fused-ring (bicyclic) bond motifs is 1. The van der Waals surface area contributed by atoms with Crippen molar-refractivity contribution in [1.29, 1.82) is 0 Å². The van der Waals surface area contributed by atoms with Gasteiger partial charge in [0.25, 0.3) is 0 Å². The summed E-state index contributed by atoms with van der Waals surface area (Å²) in [7, 11) is 0. The molecule has 0 aromatic heterocycles. The molecule has 104 valence electrons. The molecule has 1 unspecified atom stereocenters. The fourth-order valence-electron chi connectivity index (χ4n) is 2.61. The minimum Gasteiger partial charge on any atom is -0.493 e. The van der Waals surface area contributed by atoms with Crippen LogP contribution in [-0.4, -0.2) is 13.2 Å². The first-order valence-electron chi connectivity index (χ1n) is 6.94. The average Bonchev–Trinajstić information content (AvgIpc) is 2.88. The summed E-state index contributed by atoms with van der Waals surface area (Å²) in [5.41, 5.74) is 2.23. The largest absolute Gasteiger partial charge is 0.493 e. The summed E-state index contributed by atoms with van der Waals surface area (Å²) in [6, 6.07) is 15.0. The zero-order valence-corrected chi connectivity index (χ0v) is 11.5. The summed E-state index contributed by atoms with van der Waals surface area (Å²) in [5.74, 6) is 1.16. The van der Waals surface area contributed by atoms with E-state index in [1.807, 2.05) is 24.3 Å². The number of para-hydroxylation sites is 1. The lowest BCUT2D eigenvalue weighted by molar-refractivity contribution is 0.323. The number of ether oxygens (including phenoxy) is 1. The number of hydrogen-bond donors (Lipinski definition) is 1. The molecular weight excluding hydrogens is 253 g/mol. The summed E-state index contributed by atoms with van der Waals surface area (Å²) < 4.78 is 18.9. The minimum absolute atomic E-state index is 0.124. The molecule has 3 rings (SSSR count). The molecule has 1 aliphatic heterocycles. The van der Waals surface area contributed by atoms with Crippen LogP contribution in [0, 0.1) is 5.82 Å². The Bertz CT molecular complexity index is 599. The second-order valence-electron chi connectivity index (χ2n) is 5.23. The van der Waals surface area contributed by atoms with Crippen LogP contribution in [0.25, 0.3) is 0 Å². The fourth-order valence-corrected chi connectivity index (χ4v) is 2.61. The molecule has 0 bridgehead atoms. The van der Waals surface area contributed by atoms with Crippen LogP contribution in [-0.2, 0) is 0 Å². The lowest BCUT2D eigenvalue weighted by Gasteiger charge is -2.17. The number of nitrogens with one attached hydrogen (secondary N) is 1. The van der Waals surface area contributed by atoms with Crippen LogP contribution in [0.4, 0.5) is 4.39 Å². The minimum atomic E-state index is -0.189. The van der Waals surface area contributed by atoms with Gasteiger partial charge in [0, 0.05) is 24.1 Å². The molecular formula is C17H18FNO. The van der Waals surface area contributed by atoms with Crippen molar-refractivity contribution in [2.45, 2.75) is 18.9 Å².